The number of esters is 1. The van der Waals surface area contributed by atoms with Crippen molar-refractivity contribution in [3.05, 3.63) is 49.8 Å². The molecule has 26 heavy (non-hydrogen) atoms. The van der Waals surface area contributed by atoms with Crippen LogP contribution >= 0.6 is 11.3 Å². The highest BCUT2D eigenvalue weighted by Crippen LogP contribution is 2.26. The summed E-state index contributed by atoms with van der Waals surface area (Å²) in [4.78, 5) is 30.1. The predicted octanol–water partition coefficient (Wildman–Crippen LogP) is 2.70. The first-order valence-corrected chi connectivity index (χ1v) is 9.13. The largest absolute Gasteiger partial charge is 0.465 e. The number of methoxy groups -OCH3 is 1. The van der Waals surface area contributed by atoms with E-state index in [1.54, 1.807) is 11.3 Å². The molecule has 0 amide bonds. The van der Waals surface area contributed by atoms with Crippen molar-refractivity contribution in [3.63, 3.8) is 0 Å². The second-order valence-electron chi connectivity index (χ2n) is 6.16. The third kappa shape index (κ3) is 3.83. The van der Waals surface area contributed by atoms with E-state index >= 15 is 0 Å². The van der Waals surface area contributed by atoms with Gasteiger partial charge < -0.3 is 10.1 Å². The van der Waals surface area contributed by atoms with Gasteiger partial charge in [-0.2, -0.15) is 0 Å². The molecule has 1 aliphatic heterocycles. The number of carbonyl (C=O) groups excluding carboxylic acids is 1. The van der Waals surface area contributed by atoms with Crippen molar-refractivity contribution in [3.8, 4) is 0 Å². The van der Waals surface area contributed by atoms with Gasteiger partial charge >= 0.3 is 11.7 Å². The summed E-state index contributed by atoms with van der Waals surface area (Å²) in [6.45, 7) is 4.45. The van der Waals surface area contributed by atoms with Crippen molar-refractivity contribution in [2.45, 2.75) is 25.9 Å². The van der Waals surface area contributed by atoms with Gasteiger partial charge in [-0.25, -0.2) is 9.78 Å². The molecule has 8 nitrogen and oxygen atoms in total. The van der Waals surface area contributed by atoms with Gasteiger partial charge in [-0.15, -0.1) is 11.3 Å². The summed E-state index contributed by atoms with van der Waals surface area (Å²) in [6, 6.07) is 3.53. The van der Waals surface area contributed by atoms with Crippen LogP contribution in [0.2, 0.25) is 0 Å². The molecule has 0 aliphatic carbocycles. The van der Waals surface area contributed by atoms with Gasteiger partial charge in [0.2, 0.25) is 5.82 Å². The molecule has 9 heteroatoms. The topological polar surface area (TPSA) is 97.6 Å². The number of rotatable bonds is 6. The van der Waals surface area contributed by atoms with Gasteiger partial charge in [-0.1, -0.05) is 0 Å². The zero-order chi connectivity index (χ0) is 18.7. The Bertz CT molecular complexity index is 823. The second-order valence-corrected chi connectivity index (χ2v) is 7.16. The normalized spacial score (nSPS) is 15.2. The third-order valence-corrected chi connectivity index (χ3v) is 5.53. The Hall–Kier alpha value is -2.52. The van der Waals surface area contributed by atoms with E-state index in [-0.39, 0.29) is 23.1 Å². The van der Waals surface area contributed by atoms with Crippen LogP contribution < -0.4 is 5.32 Å². The molecule has 0 saturated heterocycles. The summed E-state index contributed by atoms with van der Waals surface area (Å²) < 4.78 is 4.58. The highest BCUT2D eigenvalue weighted by atomic mass is 32.1. The summed E-state index contributed by atoms with van der Waals surface area (Å²) in [7, 11) is 1.22. The Morgan fingerprint density at radius 3 is 3.12 bits per heavy atom. The van der Waals surface area contributed by atoms with E-state index in [1.165, 1.54) is 29.8 Å². The quantitative estimate of drug-likeness (QED) is 0.470. The first kappa shape index (κ1) is 18.3. The number of nitrogens with one attached hydrogen (secondary N) is 1. The molecule has 0 spiro atoms. The average molecular weight is 376 g/mol. The number of pyridine rings is 1. The van der Waals surface area contributed by atoms with Crippen molar-refractivity contribution in [2.24, 2.45) is 0 Å². The molecule has 3 rings (SSSR count). The maximum atomic E-state index is 11.5. The number of thiophene rings is 1. The minimum absolute atomic E-state index is 0.0545. The number of anilines is 1. The summed E-state index contributed by atoms with van der Waals surface area (Å²) in [5.74, 6) is -0.497. The van der Waals surface area contributed by atoms with Crippen molar-refractivity contribution < 1.29 is 14.5 Å². The Morgan fingerprint density at radius 2 is 2.38 bits per heavy atom. The van der Waals surface area contributed by atoms with Gasteiger partial charge in [0.25, 0.3) is 0 Å². The lowest BCUT2D eigenvalue weighted by atomic mass is 10.1. The lowest BCUT2D eigenvalue weighted by Crippen LogP contribution is -2.40. The molecule has 0 bridgehead atoms. The monoisotopic (exact) mass is 376 g/mol. The zero-order valence-corrected chi connectivity index (χ0v) is 15.4. The molecule has 0 aromatic carbocycles. The molecule has 0 fully saturated rings. The maximum absolute atomic E-state index is 11.5. The van der Waals surface area contributed by atoms with Crippen LogP contribution in [0.1, 0.15) is 27.7 Å². The fourth-order valence-electron chi connectivity index (χ4n) is 2.98. The molecule has 3 heterocycles. The minimum atomic E-state index is -0.652. The third-order valence-electron chi connectivity index (χ3n) is 4.51. The van der Waals surface area contributed by atoms with Crippen molar-refractivity contribution >= 4 is 28.8 Å². The van der Waals surface area contributed by atoms with E-state index < -0.39 is 10.9 Å². The Morgan fingerprint density at radius 1 is 1.58 bits per heavy atom. The minimum Gasteiger partial charge on any atom is -0.465 e. The Labute approximate surface area is 154 Å². The zero-order valence-electron chi connectivity index (χ0n) is 14.6. The van der Waals surface area contributed by atoms with Crippen LogP contribution in [-0.4, -0.2) is 47.0 Å². The first-order valence-electron chi connectivity index (χ1n) is 8.25. The van der Waals surface area contributed by atoms with Crippen molar-refractivity contribution in [1.29, 1.82) is 0 Å². The highest BCUT2D eigenvalue weighted by Gasteiger charge is 2.23. The number of carbonyl (C=O) groups is 1. The van der Waals surface area contributed by atoms with E-state index in [0.717, 1.165) is 19.5 Å². The first-order chi connectivity index (χ1) is 12.5. The second kappa shape index (κ2) is 7.79. The van der Waals surface area contributed by atoms with Crippen LogP contribution in [0.25, 0.3) is 0 Å². The number of fused-ring (bicyclic) bond motifs is 1. The number of aromatic nitrogens is 1. The van der Waals surface area contributed by atoms with E-state index in [1.807, 2.05) is 0 Å². The van der Waals surface area contributed by atoms with Gasteiger partial charge in [0, 0.05) is 42.8 Å². The van der Waals surface area contributed by atoms with Gasteiger partial charge in [-0.3, -0.25) is 15.0 Å². The van der Waals surface area contributed by atoms with Crippen LogP contribution in [-0.2, 0) is 17.7 Å². The number of hydrogen-bond donors (Lipinski definition) is 1. The lowest BCUT2D eigenvalue weighted by molar-refractivity contribution is -0.384. The molecule has 1 atom stereocenters. The fourth-order valence-corrected chi connectivity index (χ4v) is 3.87. The number of nitrogens with zero attached hydrogens (tertiary/aromatic N) is 3. The molecule has 0 radical (unpaired) electrons. The fraction of sp³-hybridized carbons (Fsp3) is 0.412. The highest BCUT2D eigenvalue weighted by molar-refractivity contribution is 7.10. The van der Waals surface area contributed by atoms with Gasteiger partial charge in [0.15, 0.2) is 0 Å². The molecule has 2 aromatic rings. The molecule has 1 aliphatic rings. The van der Waals surface area contributed by atoms with Gasteiger partial charge in [-0.05, 0) is 30.4 Å². The molecule has 0 saturated carbocycles. The molecule has 1 N–H and O–H groups in total. The van der Waals surface area contributed by atoms with Crippen LogP contribution in [0.4, 0.5) is 11.5 Å². The smallest absolute Gasteiger partial charge is 0.339 e. The van der Waals surface area contributed by atoms with Crippen LogP contribution in [0.5, 0.6) is 0 Å². The van der Waals surface area contributed by atoms with E-state index in [9.17, 15) is 14.9 Å². The van der Waals surface area contributed by atoms with Gasteiger partial charge in [0.05, 0.1) is 17.6 Å². The van der Waals surface area contributed by atoms with Gasteiger partial charge in [0.1, 0.15) is 0 Å². The van der Waals surface area contributed by atoms with Crippen molar-refractivity contribution in [2.75, 3.05) is 25.5 Å². The maximum Gasteiger partial charge on any atom is 0.339 e. The van der Waals surface area contributed by atoms with E-state index in [4.69, 9.17) is 0 Å². The molecular weight excluding hydrogens is 356 g/mol. The van der Waals surface area contributed by atoms with Crippen molar-refractivity contribution in [1.82, 2.24) is 9.88 Å². The number of nitro groups is 1. The van der Waals surface area contributed by atoms with E-state index in [2.05, 4.69) is 38.3 Å². The molecular formula is C17H20N4O4S. The Balaban J connectivity index is 1.67. The van der Waals surface area contributed by atoms with E-state index in [0.29, 0.717) is 6.54 Å². The van der Waals surface area contributed by atoms with Crippen LogP contribution in [0.3, 0.4) is 0 Å². The van der Waals surface area contributed by atoms with Crippen LogP contribution in [0, 0.1) is 10.1 Å². The SMILES string of the molecule is COC(=O)c1cnc(NCC(C)N2CCc3sccc3C2)c([N+](=O)[O-])c1. The lowest BCUT2D eigenvalue weighted by Gasteiger charge is -2.32. The Kier molecular flexibility index (Phi) is 5.48. The summed E-state index contributed by atoms with van der Waals surface area (Å²) in [5.41, 5.74) is 1.18. The molecule has 2 aromatic heterocycles. The number of ether oxygens (including phenoxy) is 1. The van der Waals surface area contributed by atoms with Crippen LogP contribution in [0.15, 0.2) is 23.7 Å². The summed E-state index contributed by atoms with van der Waals surface area (Å²) >= 11 is 1.79. The standard InChI is InChI=1S/C17H20N4O4S/c1-11(20-5-3-15-12(10-20)4-6-26-15)8-18-16-14(21(23)24)7-13(9-19-16)17(22)25-2/h4,6-7,9,11H,3,5,8,10H2,1-2H3,(H,18,19). The molecule has 1 unspecified atom stereocenters. The summed E-state index contributed by atoms with van der Waals surface area (Å²) in [6.07, 6.45) is 2.31. The predicted molar refractivity (Wildman–Crippen MR) is 98.6 cm³/mol. The average Bonchev–Trinajstić information content (AvgIpc) is 3.12. The summed E-state index contributed by atoms with van der Waals surface area (Å²) in [5, 5.41) is 16.5. The number of hydrogen-bond acceptors (Lipinski definition) is 8. The molecule has 138 valence electrons.